The molecule has 4 heteroatoms. The van der Waals surface area contributed by atoms with Crippen molar-refractivity contribution in [2.24, 2.45) is 11.1 Å². The van der Waals surface area contributed by atoms with Gasteiger partial charge in [0.25, 0.3) is 0 Å². The number of ketones is 1. The molecule has 1 aromatic rings. The maximum atomic E-state index is 12.3. The monoisotopic (exact) mass is 269 g/mol. The van der Waals surface area contributed by atoms with E-state index in [1.165, 1.54) is 0 Å². The Bertz CT molecular complexity index is 455. The van der Waals surface area contributed by atoms with E-state index in [4.69, 9.17) is 22.1 Å². The van der Waals surface area contributed by atoms with Crippen molar-refractivity contribution < 1.29 is 9.53 Å². The van der Waals surface area contributed by atoms with Gasteiger partial charge in [0.15, 0.2) is 5.78 Å². The average molecular weight is 270 g/mol. The SMILES string of the molecule is COc1cc(C)c(Cl)cc1C(=O)CC(C)(C)CN. The Morgan fingerprint density at radius 1 is 1.44 bits per heavy atom. The highest BCUT2D eigenvalue weighted by Gasteiger charge is 2.23. The highest BCUT2D eigenvalue weighted by molar-refractivity contribution is 6.31. The summed E-state index contributed by atoms with van der Waals surface area (Å²) in [5.74, 6) is 0.568. The Morgan fingerprint density at radius 2 is 2.06 bits per heavy atom. The summed E-state index contributed by atoms with van der Waals surface area (Å²) in [4.78, 5) is 12.3. The molecular formula is C14H20ClNO2. The van der Waals surface area contributed by atoms with Crippen LogP contribution in [0.15, 0.2) is 12.1 Å². The second kappa shape index (κ2) is 5.72. The van der Waals surface area contributed by atoms with E-state index in [0.717, 1.165) is 5.56 Å². The molecule has 0 spiro atoms. The quantitative estimate of drug-likeness (QED) is 0.835. The van der Waals surface area contributed by atoms with Crippen LogP contribution in [0, 0.1) is 12.3 Å². The molecule has 1 rings (SSSR count). The lowest BCUT2D eigenvalue weighted by Crippen LogP contribution is -2.26. The summed E-state index contributed by atoms with van der Waals surface area (Å²) >= 11 is 6.06. The standard InChI is InChI=1S/C14H20ClNO2/c1-9-5-13(18-4)10(6-11(9)15)12(17)7-14(2,3)8-16/h5-6H,7-8,16H2,1-4H3. The third-order valence-corrected chi connectivity index (χ3v) is 3.38. The molecule has 2 N–H and O–H groups in total. The van der Waals surface area contributed by atoms with Crippen molar-refractivity contribution in [3.8, 4) is 5.75 Å². The molecule has 0 heterocycles. The number of hydrogen-bond donors (Lipinski definition) is 1. The number of rotatable bonds is 5. The molecule has 0 fully saturated rings. The molecule has 0 radical (unpaired) electrons. The van der Waals surface area contributed by atoms with Crippen LogP contribution in [-0.2, 0) is 0 Å². The van der Waals surface area contributed by atoms with Crippen LogP contribution in [-0.4, -0.2) is 19.4 Å². The van der Waals surface area contributed by atoms with Gasteiger partial charge in [-0.05, 0) is 36.6 Å². The molecule has 18 heavy (non-hydrogen) atoms. The van der Waals surface area contributed by atoms with E-state index in [9.17, 15) is 4.79 Å². The summed E-state index contributed by atoms with van der Waals surface area (Å²) in [6.45, 7) is 6.27. The van der Waals surface area contributed by atoms with Gasteiger partial charge in [0.2, 0.25) is 0 Å². The number of ether oxygens (including phenoxy) is 1. The summed E-state index contributed by atoms with van der Waals surface area (Å²) in [6.07, 6.45) is 0.374. The van der Waals surface area contributed by atoms with E-state index >= 15 is 0 Å². The first-order chi connectivity index (χ1) is 8.30. The van der Waals surface area contributed by atoms with Crippen LogP contribution in [0.1, 0.15) is 36.2 Å². The van der Waals surface area contributed by atoms with Gasteiger partial charge >= 0.3 is 0 Å². The van der Waals surface area contributed by atoms with Crippen LogP contribution in [0.3, 0.4) is 0 Å². The van der Waals surface area contributed by atoms with E-state index in [0.29, 0.717) is 29.3 Å². The molecule has 100 valence electrons. The Hall–Kier alpha value is -1.06. The number of carbonyl (C=O) groups excluding carboxylic acids is 1. The topological polar surface area (TPSA) is 52.3 Å². The molecule has 0 atom stereocenters. The molecule has 0 aliphatic carbocycles. The van der Waals surface area contributed by atoms with E-state index in [1.807, 2.05) is 20.8 Å². The highest BCUT2D eigenvalue weighted by atomic mass is 35.5. The molecule has 0 amide bonds. The number of carbonyl (C=O) groups is 1. The summed E-state index contributed by atoms with van der Waals surface area (Å²) in [5.41, 5.74) is 6.84. The predicted molar refractivity (Wildman–Crippen MR) is 74.5 cm³/mol. The van der Waals surface area contributed by atoms with Crippen molar-refractivity contribution in [2.45, 2.75) is 27.2 Å². The number of methoxy groups -OCH3 is 1. The summed E-state index contributed by atoms with van der Waals surface area (Å²) < 4.78 is 5.24. The predicted octanol–water partition coefficient (Wildman–Crippen LogP) is 3.21. The zero-order chi connectivity index (χ0) is 13.9. The minimum Gasteiger partial charge on any atom is -0.496 e. The molecule has 3 nitrogen and oxygen atoms in total. The number of hydrogen-bond acceptors (Lipinski definition) is 3. The maximum absolute atomic E-state index is 12.3. The van der Waals surface area contributed by atoms with Crippen molar-refractivity contribution in [3.63, 3.8) is 0 Å². The van der Waals surface area contributed by atoms with E-state index in [-0.39, 0.29) is 11.2 Å². The van der Waals surface area contributed by atoms with Crippen LogP contribution in [0.2, 0.25) is 5.02 Å². The fraction of sp³-hybridized carbons (Fsp3) is 0.500. The van der Waals surface area contributed by atoms with Crippen LogP contribution in [0.4, 0.5) is 0 Å². The van der Waals surface area contributed by atoms with Gasteiger partial charge in [0.05, 0.1) is 12.7 Å². The molecular weight excluding hydrogens is 250 g/mol. The average Bonchev–Trinajstić information content (AvgIpc) is 2.31. The first-order valence-corrected chi connectivity index (χ1v) is 6.26. The van der Waals surface area contributed by atoms with Crippen molar-refractivity contribution >= 4 is 17.4 Å². The second-order valence-electron chi connectivity index (χ2n) is 5.27. The Balaban J connectivity index is 3.09. The van der Waals surface area contributed by atoms with Crippen LogP contribution < -0.4 is 10.5 Å². The van der Waals surface area contributed by atoms with E-state index < -0.39 is 0 Å². The van der Waals surface area contributed by atoms with Gasteiger partial charge in [-0.3, -0.25) is 4.79 Å². The minimum atomic E-state index is -0.223. The first-order valence-electron chi connectivity index (χ1n) is 5.88. The lowest BCUT2D eigenvalue weighted by atomic mass is 9.85. The summed E-state index contributed by atoms with van der Waals surface area (Å²) in [5, 5.41) is 0.574. The lowest BCUT2D eigenvalue weighted by molar-refractivity contribution is 0.0932. The Kier molecular flexibility index (Phi) is 4.77. The molecule has 1 aromatic carbocycles. The summed E-state index contributed by atoms with van der Waals surface area (Å²) in [7, 11) is 1.55. The second-order valence-corrected chi connectivity index (χ2v) is 5.68. The van der Waals surface area contributed by atoms with Gasteiger partial charge in [-0.1, -0.05) is 25.4 Å². The molecule has 0 aromatic heterocycles. The summed E-state index contributed by atoms with van der Waals surface area (Å²) in [6, 6.07) is 3.45. The maximum Gasteiger partial charge on any atom is 0.167 e. The normalized spacial score (nSPS) is 11.4. The lowest BCUT2D eigenvalue weighted by Gasteiger charge is -2.21. The molecule has 0 saturated heterocycles. The molecule has 0 saturated carbocycles. The van der Waals surface area contributed by atoms with Gasteiger partial charge in [0, 0.05) is 11.4 Å². The molecule has 0 aliphatic rings. The zero-order valence-corrected chi connectivity index (χ0v) is 12.1. The van der Waals surface area contributed by atoms with Gasteiger partial charge in [-0.15, -0.1) is 0 Å². The fourth-order valence-corrected chi connectivity index (χ4v) is 1.81. The molecule has 0 aliphatic heterocycles. The Morgan fingerprint density at radius 3 is 2.56 bits per heavy atom. The minimum absolute atomic E-state index is 0.00389. The number of Topliss-reactive ketones (excluding diaryl/α,β-unsaturated/α-hetero) is 1. The first kappa shape index (κ1) is 15.0. The number of aryl methyl sites for hydroxylation is 1. The Labute approximate surface area is 113 Å². The third-order valence-electron chi connectivity index (χ3n) is 2.97. The van der Waals surface area contributed by atoms with E-state index in [1.54, 1.807) is 19.2 Å². The van der Waals surface area contributed by atoms with Crippen LogP contribution in [0.5, 0.6) is 5.75 Å². The third kappa shape index (κ3) is 3.47. The zero-order valence-electron chi connectivity index (χ0n) is 11.3. The fourth-order valence-electron chi connectivity index (χ4n) is 1.64. The molecule has 0 bridgehead atoms. The highest BCUT2D eigenvalue weighted by Crippen LogP contribution is 2.30. The van der Waals surface area contributed by atoms with Gasteiger partial charge in [0.1, 0.15) is 5.75 Å². The number of nitrogens with two attached hydrogens (primary N) is 1. The number of halogens is 1. The van der Waals surface area contributed by atoms with Crippen LogP contribution >= 0.6 is 11.6 Å². The van der Waals surface area contributed by atoms with Crippen molar-refractivity contribution in [1.29, 1.82) is 0 Å². The van der Waals surface area contributed by atoms with Crippen LogP contribution in [0.25, 0.3) is 0 Å². The number of benzene rings is 1. The van der Waals surface area contributed by atoms with Gasteiger partial charge < -0.3 is 10.5 Å². The van der Waals surface area contributed by atoms with Crippen molar-refractivity contribution in [1.82, 2.24) is 0 Å². The van der Waals surface area contributed by atoms with E-state index in [2.05, 4.69) is 0 Å². The van der Waals surface area contributed by atoms with Crippen molar-refractivity contribution in [2.75, 3.05) is 13.7 Å². The largest absolute Gasteiger partial charge is 0.496 e. The van der Waals surface area contributed by atoms with Gasteiger partial charge in [-0.2, -0.15) is 0 Å². The molecule has 0 unspecified atom stereocenters. The van der Waals surface area contributed by atoms with Crippen molar-refractivity contribution in [3.05, 3.63) is 28.3 Å². The smallest absolute Gasteiger partial charge is 0.167 e. The van der Waals surface area contributed by atoms with Gasteiger partial charge in [-0.25, -0.2) is 0 Å².